The fourth-order valence-corrected chi connectivity index (χ4v) is 6.38. The van der Waals surface area contributed by atoms with Crippen LogP contribution in [0.2, 0.25) is 0 Å². The summed E-state index contributed by atoms with van der Waals surface area (Å²) >= 11 is 0. The number of hydrogen-bond acceptors (Lipinski definition) is 5. The minimum Gasteiger partial charge on any atom is -0.743 e. The van der Waals surface area contributed by atoms with Gasteiger partial charge < -0.3 is 9.29 Å². The first-order chi connectivity index (χ1) is 20.2. The molecule has 0 aliphatic carbocycles. The van der Waals surface area contributed by atoms with Gasteiger partial charge in [0, 0.05) is 6.42 Å². The van der Waals surface area contributed by atoms with Crippen LogP contribution in [-0.2, 0) is 31.2 Å². The van der Waals surface area contributed by atoms with E-state index in [-0.39, 0.29) is 21.9 Å². The molecule has 10 heteroatoms. The van der Waals surface area contributed by atoms with Crippen LogP contribution in [0.15, 0.2) is 130 Å². The molecule has 0 aliphatic rings. The molecule has 5 nitrogen and oxygen atoms in total. The highest BCUT2D eigenvalue weighted by Gasteiger charge is 2.47. The lowest BCUT2D eigenvalue weighted by Crippen LogP contribution is -2.39. The van der Waals surface area contributed by atoms with Gasteiger partial charge in [-0.3, -0.25) is 0 Å². The van der Waals surface area contributed by atoms with Crippen molar-refractivity contribution in [2.75, 3.05) is 6.61 Å². The average molecular weight is 631 g/mol. The van der Waals surface area contributed by atoms with Crippen molar-refractivity contribution >= 4 is 27.0 Å². The van der Waals surface area contributed by atoms with Crippen molar-refractivity contribution in [3.8, 4) is 0 Å². The lowest BCUT2D eigenvalue weighted by atomic mass is 9.87. The number of esters is 1. The molecule has 0 saturated heterocycles. The van der Waals surface area contributed by atoms with Crippen LogP contribution >= 0.6 is 0 Å². The molecule has 0 fully saturated rings. The largest absolute Gasteiger partial charge is 0.743 e. The predicted octanol–water partition coefficient (Wildman–Crippen LogP) is 7.79. The third-order valence-electron chi connectivity index (χ3n) is 6.23. The highest BCUT2D eigenvalue weighted by molar-refractivity contribution is 7.97. The molecular weight excluding hydrogens is 597 g/mol. The van der Waals surface area contributed by atoms with Crippen molar-refractivity contribution in [1.29, 1.82) is 0 Å². The van der Waals surface area contributed by atoms with E-state index in [2.05, 4.69) is 95.7 Å². The highest BCUT2D eigenvalue weighted by atomic mass is 32.2. The first-order valence-corrected chi connectivity index (χ1v) is 16.0. The van der Waals surface area contributed by atoms with Gasteiger partial charge in [-0.15, -0.1) is 0 Å². The molecule has 43 heavy (non-hydrogen) atoms. The van der Waals surface area contributed by atoms with Crippen LogP contribution < -0.4 is 0 Å². The normalized spacial score (nSPS) is 12.7. The zero-order chi connectivity index (χ0) is 31.7. The Balaban J connectivity index is 0.000000241. The molecule has 0 N–H and O–H groups in total. The standard InChI is InChI=1S/C18H15S.C15H19F3O5S/c1-4-10-16(11-5-1)19(17-12-6-2-7-13-17)18-14-8-3-9-15-18;1-14(2,3)11-6-4-10(5-7-11)13(19)23-9-8-12(16)15(17,18)24(20,21)22/h1-15H;4-7,12H,8-9H2,1-3H3,(H,20,21,22)/q+1;/p-1. The summed E-state index contributed by atoms with van der Waals surface area (Å²) in [6.07, 6.45) is -4.36. The van der Waals surface area contributed by atoms with Gasteiger partial charge in [0.2, 0.25) is 0 Å². The number of rotatable bonds is 9. The van der Waals surface area contributed by atoms with Crippen LogP contribution in [0.1, 0.15) is 43.1 Å². The Hall–Kier alpha value is -3.60. The fraction of sp³-hybridized carbons (Fsp3) is 0.242. The number of halogens is 3. The Bertz CT molecular complexity index is 1450. The predicted molar refractivity (Wildman–Crippen MR) is 161 cm³/mol. The quantitative estimate of drug-likeness (QED) is 0.107. The number of hydrogen-bond donors (Lipinski definition) is 0. The lowest BCUT2D eigenvalue weighted by Gasteiger charge is -2.23. The number of alkyl halides is 3. The average Bonchev–Trinajstić information content (AvgIpc) is 2.98. The number of ether oxygens (including phenoxy) is 1. The van der Waals surface area contributed by atoms with E-state index >= 15 is 0 Å². The summed E-state index contributed by atoms with van der Waals surface area (Å²) in [5, 5.41) is -5.06. The monoisotopic (exact) mass is 630 g/mol. The molecule has 4 aromatic rings. The van der Waals surface area contributed by atoms with Crippen LogP contribution in [0.3, 0.4) is 0 Å². The zero-order valence-electron chi connectivity index (χ0n) is 24.0. The van der Waals surface area contributed by atoms with E-state index in [9.17, 15) is 30.9 Å². The van der Waals surface area contributed by atoms with Crippen LogP contribution in [-0.4, -0.2) is 37.0 Å². The van der Waals surface area contributed by atoms with E-state index in [4.69, 9.17) is 0 Å². The summed E-state index contributed by atoms with van der Waals surface area (Å²) in [4.78, 5) is 15.8. The molecule has 0 spiro atoms. The molecule has 228 valence electrons. The van der Waals surface area contributed by atoms with E-state index in [1.54, 1.807) is 12.1 Å². The first-order valence-electron chi connectivity index (χ1n) is 13.4. The van der Waals surface area contributed by atoms with Crippen molar-refractivity contribution in [1.82, 2.24) is 0 Å². The topological polar surface area (TPSA) is 83.5 Å². The minimum absolute atomic E-state index is 0.0146. The fourth-order valence-electron chi connectivity index (χ4n) is 3.85. The minimum atomic E-state index is -6.12. The van der Waals surface area contributed by atoms with Gasteiger partial charge in [-0.05, 0) is 59.5 Å². The zero-order valence-corrected chi connectivity index (χ0v) is 25.6. The highest BCUT2D eigenvalue weighted by Crippen LogP contribution is 2.31. The Morgan fingerprint density at radius 1 is 0.767 bits per heavy atom. The maximum Gasteiger partial charge on any atom is 0.364 e. The van der Waals surface area contributed by atoms with Gasteiger partial charge in [0.1, 0.15) is 0 Å². The van der Waals surface area contributed by atoms with E-state index in [1.165, 1.54) is 26.8 Å². The van der Waals surface area contributed by atoms with Gasteiger partial charge >= 0.3 is 11.2 Å². The molecule has 1 unspecified atom stereocenters. The summed E-state index contributed by atoms with van der Waals surface area (Å²) in [6.45, 7) is 5.15. The van der Waals surface area contributed by atoms with E-state index in [1.807, 2.05) is 20.8 Å². The summed E-state index contributed by atoms with van der Waals surface area (Å²) in [7, 11) is -6.14. The molecule has 0 aromatic heterocycles. The van der Waals surface area contributed by atoms with Crippen molar-refractivity contribution < 1.29 is 35.7 Å². The Kier molecular flexibility index (Phi) is 11.6. The number of carbonyl (C=O) groups excluding carboxylic acids is 1. The SMILES string of the molecule is CC(C)(C)c1ccc(C(=O)OCCC(F)C(F)(F)S(=O)(=O)[O-])cc1.c1ccc([S+](c2ccccc2)c2ccccc2)cc1. The van der Waals surface area contributed by atoms with Crippen LogP contribution in [0.4, 0.5) is 13.2 Å². The summed E-state index contributed by atoms with van der Waals surface area (Å²) in [5.74, 6) is -0.865. The van der Waals surface area contributed by atoms with Crippen molar-refractivity contribution in [2.45, 2.75) is 58.7 Å². The molecule has 4 aromatic carbocycles. The molecular formula is C33H33F3O5S2. The smallest absolute Gasteiger partial charge is 0.364 e. The molecule has 4 rings (SSSR count). The number of benzene rings is 4. The van der Waals surface area contributed by atoms with Gasteiger partial charge in [0.25, 0.3) is 0 Å². The lowest BCUT2D eigenvalue weighted by molar-refractivity contribution is -0.0169. The van der Waals surface area contributed by atoms with Gasteiger partial charge in [0.15, 0.2) is 31.0 Å². The molecule has 0 radical (unpaired) electrons. The summed E-state index contributed by atoms with van der Waals surface area (Å²) < 4.78 is 74.5. The third kappa shape index (κ3) is 9.44. The van der Waals surface area contributed by atoms with Crippen molar-refractivity contribution in [3.05, 3.63) is 126 Å². The first kappa shape index (κ1) is 33.9. The summed E-state index contributed by atoms with van der Waals surface area (Å²) in [6, 6.07) is 38.5. The maximum atomic E-state index is 13.2. The molecule has 0 saturated carbocycles. The second-order valence-electron chi connectivity index (χ2n) is 10.5. The van der Waals surface area contributed by atoms with E-state index < -0.39 is 40.5 Å². The second kappa shape index (κ2) is 14.7. The van der Waals surface area contributed by atoms with E-state index in [0.717, 1.165) is 5.56 Å². The molecule has 1 atom stereocenters. The molecule has 0 aliphatic heterocycles. The van der Waals surface area contributed by atoms with Gasteiger partial charge in [0.05, 0.1) is 23.1 Å². The van der Waals surface area contributed by atoms with Crippen LogP contribution in [0.5, 0.6) is 0 Å². The van der Waals surface area contributed by atoms with Crippen molar-refractivity contribution in [2.24, 2.45) is 0 Å². The number of carbonyl (C=O) groups is 1. The van der Waals surface area contributed by atoms with E-state index in [0.29, 0.717) is 0 Å². The Morgan fingerprint density at radius 2 is 1.16 bits per heavy atom. The molecule has 0 heterocycles. The van der Waals surface area contributed by atoms with Gasteiger partial charge in [-0.1, -0.05) is 87.5 Å². The summed E-state index contributed by atoms with van der Waals surface area (Å²) in [5.41, 5.74) is 0.976. The third-order valence-corrected chi connectivity index (χ3v) is 9.38. The van der Waals surface area contributed by atoms with Gasteiger partial charge in [-0.2, -0.15) is 8.78 Å². The molecule has 0 bridgehead atoms. The second-order valence-corrected chi connectivity index (χ2v) is 14.0. The molecule has 0 amide bonds. The Labute approximate surface area is 253 Å². The van der Waals surface area contributed by atoms with Crippen LogP contribution in [0.25, 0.3) is 0 Å². The Morgan fingerprint density at radius 3 is 1.51 bits per heavy atom. The maximum absolute atomic E-state index is 13.2. The van der Waals surface area contributed by atoms with Gasteiger partial charge in [-0.25, -0.2) is 17.6 Å². The van der Waals surface area contributed by atoms with Crippen LogP contribution in [0, 0.1) is 0 Å². The van der Waals surface area contributed by atoms with Crippen molar-refractivity contribution in [3.63, 3.8) is 0 Å².